The predicted molar refractivity (Wildman–Crippen MR) is 90.3 cm³/mol. The Hall–Kier alpha value is -2.68. The summed E-state index contributed by atoms with van der Waals surface area (Å²) in [5, 5.41) is 2.35. The molecule has 0 heterocycles. The normalized spacial score (nSPS) is 10.7. The summed E-state index contributed by atoms with van der Waals surface area (Å²) in [5.41, 5.74) is 2.00. The van der Waals surface area contributed by atoms with Gasteiger partial charge in [0, 0.05) is 20.0 Å². The summed E-state index contributed by atoms with van der Waals surface area (Å²) in [6, 6.07) is 20.6. The van der Waals surface area contributed by atoms with Crippen molar-refractivity contribution in [1.82, 2.24) is 4.90 Å². The van der Waals surface area contributed by atoms with Gasteiger partial charge in [0.2, 0.25) is 5.91 Å². The van der Waals surface area contributed by atoms with Gasteiger partial charge >= 0.3 is 0 Å². The first-order chi connectivity index (χ1) is 11.1. The molecule has 0 fully saturated rings. The first kappa shape index (κ1) is 15.2. The van der Waals surface area contributed by atoms with Crippen LogP contribution in [0, 0.1) is 5.82 Å². The lowest BCUT2D eigenvalue weighted by molar-refractivity contribution is -0.130. The van der Waals surface area contributed by atoms with Gasteiger partial charge < -0.3 is 4.90 Å². The summed E-state index contributed by atoms with van der Waals surface area (Å²) in [6.07, 6.45) is 0. The van der Waals surface area contributed by atoms with Gasteiger partial charge in [-0.15, -0.1) is 0 Å². The molecule has 0 radical (unpaired) electrons. The summed E-state index contributed by atoms with van der Waals surface area (Å²) in [5.74, 6) is -0.264. The van der Waals surface area contributed by atoms with Gasteiger partial charge in [0.05, 0.1) is 0 Å². The molecule has 0 spiro atoms. The molecule has 3 aromatic carbocycles. The zero-order valence-electron chi connectivity index (χ0n) is 13.0. The molecule has 0 bridgehead atoms. The first-order valence-electron chi connectivity index (χ1n) is 7.59. The van der Waals surface area contributed by atoms with Crippen molar-refractivity contribution in [2.75, 3.05) is 0 Å². The van der Waals surface area contributed by atoms with E-state index in [1.165, 1.54) is 17.5 Å². The maximum absolute atomic E-state index is 13.0. The number of carbonyl (C=O) groups excluding carboxylic acids is 1. The van der Waals surface area contributed by atoms with Crippen molar-refractivity contribution >= 4 is 16.7 Å². The average molecular weight is 307 g/mol. The molecule has 116 valence electrons. The molecular formula is C20H18FNO. The molecule has 0 aliphatic carbocycles. The molecule has 0 unspecified atom stereocenters. The number of nitrogens with zero attached hydrogens (tertiary/aromatic N) is 1. The zero-order chi connectivity index (χ0) is 16.2. The summed E-state index contributed by atoms with van der Waals surface area (Å²) in [4.78, 5) is 13.7. The van der Waals surface area contributed by atoms with Crippen molar-refractivity contribution in [1.29, 1.82) is 0 Å². The number of hydrogen-bond acceptors (Lipinski definition) is 1. The molecule has 2 nitrogen and oxygen atoms in total. The van der Waals surface area contributed by atoms with Gasteiger partial charge in [0.15, 0.2) is 0 Å². The van der Waals surface area contributed by atoms with Crippen molar-refractivity contribution in [2.24, 2.45) is 0 Å². The van der Waals surface area contributed by atoms with E-state index in [1.807, 2.05) is 18.2 Å². The molecule has 0 aliphatic heterocycles. The van der Waals surface area contributed by atoms with Crippen molar-refractivity contribution in [2.45, 2.75) is 20.0 Å². The summed E-state index contributed by atoms with van der Waals surface area (Å²) in [7, 11) is 0. The molecule has 3 heteroatoms. The molecule has 0 aromatic heterocycles. The number of carbonyl (C=O) groups is 1. The van der Waals surface area contributed by atoms with Crippen LogP contribution < -0.4 is 0 Å². The van der Waals surface area contributed by atoms with E-state index in [1.54, 1.807) is 24.0 Å². The predicted octanol–water partition coefficient (Wildman–Crippen LogP) is 4.53. The van der Waals surface area contributed by atoms with Gasteiger partial charge in [0.1, 0.15) is 5.82 Å². The van der Waals surface area contributed by atoms with Crippen molar-refractivity contribution in [3.8, 4) is 0 Å². The number of fused-ring (bicyclic) bond motifs is 1. The first-order valence-corrected chi connectivity index (χ1v) is 7.59. The van der Waals surface area contributed by atoms with E-state index in [4.69, 9.17) is 0 Å². The fourth-order valence-corrected chi connectivity index (χ4v) is 2.65. The van der Waals surface area contributed by atoms with Crippen molar-refractivity contribution < 1.29 is 9.18 Å². The van der Waals surface area contributed by atoms with Gasteiger partial charge in [-0.25, -0.2) is 4.39 Å². The number of halogens is 1. The topological polar surface area (TPSA) is 20.3 Å². The Kier molecular flexibility index (Phi) is 4.38. The highest BCUT2D eigenvalue weighted by molar-refractivity contribution is 5.83. The monoisotopic (exact) mass is 307 g/mol. The van der Waals surface area contributed by atoms with Crippen LogP contribution in [-0.2, 0) is 17.9 Å². The molecule has 0 saturated carbocycles. The van der Waals surface area contributed by atoms with E-state index in [9.17, 15) is 9.18 Å². The number of benzene rings is 3. The van der Waals surface area contributed by atoms with Gasteiger partial charge in [-0.2, -0.15) is 0 Å². The SMILES string of the molecule is CC(=O)N(Cc1ccc(F)cc1)Cc1ccc2ccccc2c1. The molecule has 0 atom stereocenters. The molecule has 3 rings (SSSR count). The fourth-order valence-electron chi connectivity index (χ4n) is 2.65. The molecule has 0 saturated heterocycles. The highest BCUT2D eigenvalue weighted by atomic mass is 19.1. The lowest BCUT2D eigenvalue weighted by Gasteiger charge is -2.21. The van der Waals surface area contributed by atoms with E-state index in [2.05, 4.69) is 24.3 Å². The Morgan fingerprint density at radius 1 is 0.870 bits per heavy atom. The maximum Gasteiger partial charge on any atom is 0.220 e. The lowest BCUT2D eigenvalue weighted by Crippen LogP contribution is -2.27. The van der Waals surface area contributed by atoms with Gasteiger partial charge in [-0.1, -0.05) is 48.5 Å². The summed E-state index contributed by atoms with van der Waals surface area (Å²) >= 11 is 0. The van der Waals surface area contributed by atoms with E-state index >= 15 is 0 Å². The smallest absolute Gasteiger partial charge is 0.220 e. The molecule has 23 heavy (non-hydrogen) atoms. The third-order valence-corrected chi connectivity index (χ3v) is 3.92. The van der Waals surface area contributed by atoms with Crippen LogP contribution >= 0.6 is 0 Å². The van der Waals surface area contributed by atoms with Gasteiger partial charge in [-0.3, -0.25) is 4.79 Å². The van der Waals surface area contributed by atoms with Crippen LogP contribution in [0.3, 0.4) is 0 Å². The Morgan fingerprint density at radius 3 is 2.17 bits per heavy atom. The third-order valence-electron chi connectivity index (χ3n) is 3.92. The second-order valence-electron chi connectivity index (χ2n) is 5.68. The minimum absolute atomic E-state index is 0.00230. The molecule has 0 N–H and O–H groups in total. The minimum atomic E-state index is -0.266. The van der Waals surface area contributed by atoms with E-state index in [0.717, 1.165) is 16.5 Å². The van der Waals surface area contributed by atoms with Crippen LogP contribution in [0.5, 0.6) is 0 Å². The van der Waals surface area contributed by atoms with Crippen molar-refractivity contribution in [3.05, 3.63) is 83.7 Å². The highest BCUT2D eigenvalue weighted by Crippen LogP contribution is 2.18. The third kappa shape index (κ3) is 3.75. The van der Waals surface area contributed by atoms with Crippen LogP contribution in [-0.4, -0.2) is 10.8 Å². The number of amides is 1. The Balaban J connectivity index is 1.80. The molecule has 1 amide bonds. The molecular weight excluding hydrogens is 289 g/mol. The maximum atomic E-state index is 13.0. The Labute approximate surface area is 135 Å². The van der Waals surface area contributed by atoms with Crippen LogP contribution in [0.15, 0.2) is 66.7 Å². The van der Waals surface area contributed by atoms with Gasteiger partial charge in [-0.05, 0) is 40.1 Å². The Bertz CT molecular complexity index is 826. The fraction of sp³-hybridized carbons (Fsp3) is 0.150. The standard InChI is InChI=1S/C20H18FNO/c1-15(23)22(13-16-7-10-20(21)11-8-16)14-17-6-9-18-4-2-3-5-19(18)12-17/h2-12H,13-14H2,1H3. The molecule has 3 aromatic rings. The van der Waals surface area contributed by atoms with Crippen LogP contribution in [0.1, 0.15) is 18.1 Å². The highest BCUT2D eigenvalue weighted by Gasteiger charge is 2.11. The van der Waals surface area contributed by atoms with E-state index in [0.29, 0.717) is 13.1 Å². The van der Waals surface area contributed by atoms with Crippen molar-refractivity contribution in [3.63, 3.8) is 0 Å². The lowest BCUT2D eigenvalue weighted by atomic mass is 10.1. The molecule has 0 aliphatic rings. The zero-order valence-corrected chi connectivity index (χ0v) is 13.0. The summed E-state index contributed by atoms with van der Waals surface area (Å²) < 4.78 is 13.0. The average Bonchev–Trinajstić information content (AvgIpc) is 2.56. The number of hydrogen-bond donors (Lipinski definition) is 0. The summed E-state index contributed by atoms with van der Waals surface area (Å²) in [6.45, 7) is 2.57. The van der Waals surface area contributed by atoms with E-state index in [-0.39, 0.29) is 11.7 Å². The van der Waals surface area contributed by atoms with Crippen LogP contribution in [0.4, 0.5) is 4.39 Å². The second-order valence-corrected chi connectivity index (χ2v) is 5.68. The largest absolute Gasteiger partial charge is 0.334 e. The van der Waals surface area contributed by atoms with E-state index < -0.39 is 0 Å². The quantitative estimate of drug-likeness (QED) is 0.693. The Morgan fingerprint density at radius 2 is 1.48 bits per heavy atom. The second kappa shape index (κ2) is 6.61. The number of rotatable bonds is 4. The van der Waals surface area contributed by atoms with Crippen LogP contribution in [0.25, 0.3) is 10.8 Å². The van der Waals surface area contributed by atoms with Crippen LogP contribution in [0.2, 0.25) is 0 Å². The van der Waals surface area contributed by atoms with Gasteiger partial charge in [0.25, 0.3) is 0 Å². The minimum Gasteiger partial charge on any atom is -0.334 e.